The van der Waals surface area contributed by atoms with Crippen LogP contribution in [0.4, 0.5) is 10.5 Å². The van der Waals surface area contributed by atoms with E-state index in [1.807, 2.05) is 55.4 Å². The summed E-state index contributed by atoms with van der Waals surface area (Å²) in [7, 11) is 0. The molecule has 0 saturated carbocycles. The van der Waals surface area contributed by atoms with Crippen molar-refractivity contribution in [3.05, 3.63) is 42.5 Å². The van der Waals surface area contributed by atoms with Crippen molar-refractivity contribution < 1.29 is 9.53 Å². The predicted octanol–water partition coefficient (Wildman–Crippen LogP) is 2.44. The summed E-state index contributed by atoms with van der Waals surface area (Å²) in [5.74, 6) is 1.85. The molecular formula is C19H27N5O2. The van der Waals surface area contributed by atoms with Crippen LogP contribution >= 0.6 is 0 Å². The monoisotopic (exact) mass is 357 g/mol. The van der Waals surface area contributed by atoms with E-state index in [0.29, 0.717) is 6.61 Å². The summed E-state index contributed by atoms with van der Waals surface area (Å²) in [4.78, 5) is 20.9. The minimum Gasteiger partial charge on any atom is -0.494 e. The van der Waals surface area contributed by atoms with Crippen molar-refractivity contribution >= 4 is 11.7 Å². The molecule has 0 atom stereocenters. The molecule has 7 heteroatoms. The highest BCUT2D eigenvalue weighted by molar-refractivity contribution is 5.89. The molecule has 2 amide bonds. The van der Waals surface area contributed by atoms with Crippen molar-refractivity contribution in [1.29, 1.82) is 0 Å². The van der Waals surface area contributed by atoms with Crippen molar-refractivity contribution in [2.45, 2.75) is 20.4 Å². The van der Waals surface area contributed by atoms with Crippen LogP contribution < -0.4 is 10.1 Å². The fraction of sp³-hybridized carbons (Fsp3) is 0.474. The van der Waals surface area contributed by atoms with Crippen molar-refractivity contribution in [2.24, 2.45) is 0 Å². The number of benzene rings is 1. The van der Waals surface area contributed by atoms with E-state index in [4.69, 9.17) is 4.74 Å². The molecule has 0 aliphatic carbocycles. The molecular weight excluding hydrogens is 330 g/mol. The van der Waals surface area contributed by atoms with Crippen LogP contribution in [0.15, 0.2) is 36.7 Å². The number of hydrogen-bond acceptors (Lipinski definition) is 4. The third-order valence-corrected chi connectivity index (χ3v) is 4.66. The number of imidazole rings is 1. The summed E-state index contributed by atoms with van der Waals surface area (Å²) in [6.45, 7) is 9.79. The van der Waals surface area contributed by atoms with E-state index >= 15 is 0 Å². The third-order valence-electron chi connectivity index (χ3n) is 4.66. The number of nitrogens with zero attached hydrogens (tertiary/aromatic N) is 4. The molecule has 2 aromatic rings. The van der Waals surface area contributed by atoms with Gasteiger partial charge in [0.2, 0.25) is 0 Å². The van der Waals surface area contributed by atoms with Crippen LogP contribution in [0.5, 0.6) is 5.75 Å². The molecule has 0 radical (unpaired) electrons. The molecule has 0 spiro atoms. The topological polar surface area (TPSA) is 62.6 Å². The van der Waals surface area contributed by atoms with Crippen molar-refractivity contribution in [3.63, 3.8) is 0 Å². The summed E-state index contributed by atoms with van der Waals surface area (Å²) in [6, 6.07) is 7.43. The Morgan fingerprint density at radius 3 is 2.50 bits per heavy atom. The lowest BCUT2D eigenvalue weighted by atomic mass is 10.3. The predicted molar refractivity (Wildman–Crippen MR) is 102 cm³/mol. The van der Waals surface area contributed by atoms with Gasteiger partial charge in [-0.05, 0) is 38.1 Å². The molecule has 7 nitrogen and oxygen atoms in total. The van der Waals surface area contributed by atoms with Gasteiger partial charge in [-0.2, -0.15) is 0 Å². The Labute approximate surface area is 154 Å². The SMILES string of the molecule is CCOc1ccc(NC(=O)N2CCN(CCn3ccnc3C)CC2)cc1. The first-order valence-corrected chi connectivity index (χ1v) is 9.14. The highest BCUT2D eigenvalue weighted by Gasteiger charge is 2.21. The Kier molecular flexibility index (Phi) is 6.12. The number of amides is 2. The van der Waals surface area contributed by atoms with E-state index in [0.717, 1.165) is 56.5 Å². The number of anilines is 1. The average Bonchev–Trinajstić information content (AvgIpc) is 3.07. The smallest absolute Gasteiger partial charge is 0.321 e. The fourth-order valence-electron chi connectivity index (χ4n) is 3.07. The molecule has 140 valence electrons. The number of piperazine rings is 1. The second kappa shape index (κ2) is 8.71. The van der Waals surface area contributed by atoms with Crippen LogP contribution in [-0.2, 0) is 6.54 Å². The maximum Gasteiger partial charge on any atom is 0.321 e. The number of urea groups is 1. The summed E-state index contributed by atoms with van der Waals surface area (Å²) in [5, 5.41) is 2.96. The molecule has 1 fully saturated rings. The fourth-order valence-corrected chi connectivity index (χ4v) is 3.07. The van der Waals surface area contributed by atoms with Crippen LogP contribution in [0.1, 0.15) is 12.7 Å². The molecule has 1 N–H and O–H groups in total. The van der Waals surface area contributed by atoms with Crippen LogP contribution in [-0.4, -0.2) is 64.7 Å². The molecule has 2 heterocycles. The number of carbonyl (C=O) groups is 1. The minimum atomic E-state index is -0.0423. The molecule has 26 heavy (non-hydrogen) atoms. The van der Waals surface area contributed by atoms with Crippen molar-refractivity contribution in [1.82, 2.24) is 19.4 Å². The number of ether oxygens (including phenoxy) is 1. The van der Waals surface area contributed by atoms with Gasteiger partial charge in [-0.15, -0.1) is 0 Å². The van der Waals surface area contributed by atoms with Gasteiger partial charge in [-0.3, -0.25) is 4.90 Å². The summed E-state index contributed by atoms with van der Waals surface area (Å²) >= 11 is 0. The number of aromatic nitrogens is 2. The zero-order chi connectivity index (χ0) is 18.4. The molecule has 3 rings (SSSR count). The Morgan fingerprint density at radius 1 is 1.15 bits per heavy atom. The highest BCUT2D eigenvalue weighted by atomic mass is 16.5. The summed E-state index contributed by atoms with van der Waals surface area (Å²) < 4.78 is 7.57. The van der Waals surface area contributed by atoms with Gasteiger partial charge in [0.15, 0.2) is 0 Å². The number of aryl methyl sites for hydroxylation is 1. The Bertz CT molecular complexity index is 705. The lowest BCUT2D eigenvalue weighted by Crippen LogP contribution is -2.50. The first kappa shape index (κ1) is 18.3. The van der Waals surface area contributed by atoms with Gasteiger partial charge in [0.1, 0.15) is 11.6 Å². The van der Waals surface area contributed by atoms with Gasteiger partial charge in [-0.1, -0.05) is 0 Å². The quantitative estimate of drug-likeness (QED) is 0.863. The van der Waals surface area contributed by atoms with Crippen LogP contribution in [0.2, 0.25) is 0 Å². The maximum absolute atomic E-state index is 12.4. The van der Waals surface area contributed by atoms with Gasteiger partial charge in [0, 0.05) is 57.3 Å². The molecule has 1 saturated heterocycles. The Balaban J connectivity index is 1.42. The highest BCUT2D eigenvalue weighted by Crippen LogP contribution is 2.16. The molecule has 0 unspecified atom stereocenters. The van der Waals surface area contributed by atoms with E-state index in [9.17, 15) is 4.79 Å². The average molecular weight is 357 g/mol. The number of hydrogen-bond donors (Lipinski definition) is 1. The van der Waals surface area contributed by atoms with Gasteiger partial charge in [-0.25, -0.2) is 9.78 Å². The number of carbonyl (C=O) groups excluding carboxylic acids is 1. The van der Waals surface area contributed by atoms with E-state index in [2.05, 4.69) is 19.8 Å². The third kappa shape index (κ3) is 4.76. The number of rotatable bonds is 6. The van der Waals surface area contributed by atoms with Gasteiger partial charge in [0.05, 0.1) is 6.61 Å². The zero-order valence-electron chi connectivity index (χ0n) is 15.5. The van der Waals surface area contributed by atoms with E-state index < -0.39 is 0 Å². The Hall–Kier alpha value is -2.54. The first-order chi connectivity index (χ1) is 12.7. The largest absolute Gasteiger partial charge is 0.494 e. The lowest BCUT2D eigenvalue weighted by Gasteiger charge is -2.34. The second-order valence-electron chi connectivity index (χ2n) is 6.38. The summed E-state index contributed by atoms with van der Waals surface area (Å²) in [6.07, 6.45) is 3.84. The molecule has 1 aromatic carbocycles. The molecule has 1 aliphatic heterocycles. The first-order valence-electron chi connectivity index (χ1n) is 9.14. The van der Waals surface area contributed by atoms with Crippen LogP contribution in [0, 0.1) is 6.92 Å². The standard InChI is InChI=1S/C19H27N5O2/c1-3-26-18-6-4-17(5-7-18)21-19(25)24-14-11-22(12-15-24)10-13-23-9-8-20-16(23)2/h4-9H,3,10-15H2,1-2H3,(H,21,25). The summed E-state index contributed by atoms with van der Waals surface area (Å²) in [5.41, 5.74) is 0.788. The van der Waals surface area contributed by atoms with Crippen molar-refractivity contribution in [3.8, 4) is 5.75 Å². The Morgan fingerprint density at radius 2 is 1.88 bits per heavy atom. The van der Waals surface area contributed by atoms with Crippen LogP contribution in [0.3, 0.4) is 0 Å². The normalized spacial score (nSPS) is 15.1. The van der Waals surface area contributed by atoms with E-state index in [-0.39, 0.29) is 6.03 Å². The van der Waals surface area contributed by atoms with Crippen LogP contribution in [0.25, 0.3) is 0 Å². The second-order valence-corrected chi connectivity index (χ2v) is 6.38. The van der Waals surface area contributed by atoms with E-state index in [1.165, 1.54) is 0 Å². The minimum absolute atomic E-state index is 0.0423. The maximum atomic E-state index is 12.4. The van der Waals surface area contributed by atoms with Gasteiger partial charge < -0.3 is 19.5 Å². The van der Waals surface area contributed by atoms with Gasteiger partial charge >= 0.3 is 6.03 Å². The lowest BCUT2D eigenvalue weighted by molar-refractivity contribution is 0.144. The van der Waals surface area contributed by atoms with Gasteiger partial charge in [0.25, 0.3) is 0 Å². The number of nitrogens with one attached hydrogen (secondary N) is 1. The van der Waals surface area contributed by atoms with E-state index in [1.54, 1.807) is 0 Å². The molecule has 0 bridgehead atoms. The molecule has 1 aromatic heterocycles. The molecule has 1 aliphatic rings. The zero-order valence-corrected chi connectivity index (χ0v) is 15.5. The van der Waals surface area contributed by atoms with Crippen molar-refractivity contribution in [2.75, 3.05) is 44.6 Å².